The number of amides is 1. The maximum atomic E-state index is 11.3. The number of anilines is 2. The number of hydrogen-bond donors (Lipinski definition) is 2. The van der Waals surface area contributed by atoms with Gasteiger partial charge in [0.1, 0.15) is 11.4 Å². The summed E-state index contributed by atoms with van der Waals surface area (Å²) >= 11 is 1.38. The Morgan fingerprint density at radius 3 is 2.89 bits per heavy atom. The standard InChI is InChI=1S/C10H12N6OS/c1-16-4-3-7(15-16)13-9-6(8(11)17)5-12-10(14-9)18-2/h3-5H,1-2H3,(H2,11,17)(H,12,13,14,15). The molecule has 18 heavy (non-hydrogen) atoms. The van der Waals surface area contributed by atoms with Gasteiger partial charge in [0.25, 0.3) is 5.91 Å². The second kappa shape index (κ2) is 5.05. The zero-order valence-corrected chi connectivity index (χ0v) is 10.7. The molecule has 0 atom stereocenters. The molecule has 7 nitrogen and oxygen atoms in total. The third-order valence-electron chi connectivity index (χ3n) is 2.17. The Kier molecular flexibility index (Phi) is 3.47. The second-order valence-electron chi connectivity index (χ2n) is 3.48. The lowest BCUT2D eigenvalue weighted by molar-refractivity contribution is 0.100. The number of hydrogen-bond acceptors (Lipinski definition) is 6. The Balaban J connectivity index is 2.37. The van der Waals surface area contributed by atoms with Crippen LogP contribution in [0.25, 0.3) is 0 Å². The van der Waals surface area contributed by atoms with Gasteiger partial charge >= 0.3 is 0 Å². The van der Waals surface area contributed by atoms with Crippen LogP contribution in [-0.4, -0.2) is 31.9 Å². The third kappa shape index (κ3) is 2.59. The predicted octanol–water partition coefficient (Wildman–Crippen LogP) is 0.774. The fourth-order valence-electron chi connectivity index (χ4n) is 1.34. The average molecular weight is 264 g/mol. The van der Waals surface area contributed by atoms with Crippen molar-refractivity contribution in [1.29, 1.82) is 0 Å². The minimum absolute atomic E-state index is 0.235. The summed E-state index contributed by atoms with van der Waals surface area (Å²) in [6.07, 6.45) is 5.04. The summed E-state index contributed by atoms with van der Waals surface area (Å²) in [6.45, 7) is 0. The highest BCUT2D eigenvalue weighted by Gasteiger charge is 2.12. The molecule has 2 aromatic rings. The van der Waals surface area contributed by atoms with Crippen LogP contribution in [0.15, 0.2) is 23.6 Å². The van der Waals surface area contributed by atoms with E-state index in [4.69, 9.17) is 5.73 Å². The first-order chi connectivity index (χ1) is 8.60. The van der Waals surface area contributed by atoms with E-state index in [-0.39, 0.29) is 5.56 Å². The predicted molar refractivity (Wildman–Crippen MR) is 68.8 cm³/mol. The van der Waals surface area contributed by atoms with Gasteiger partial charge in [0.2, 0.25) is 0 Å². The van der Waals surface area contributed by atoms with Crippen molar-refractivity contribution in [3.63, 3.8) is 0 Å². The number of aromatic nitrogens is 4. The van der Waals surface area contributed by atoms with E-state index in [0.29, 0.717) is 16.8 Å². The number of aryl methyl sites for hydroxylation is 1. The van der Waals surface area contributed by atoms with Gasteiger partial charge in [0, 0.05) is 25.5 Å². The molecule has 0 saturated heterocycles. The summed E-state index contributed by atoms with van der Waals surface area (Å²) < 4.78 is 1.64. The van der Waals surface area contributed by atoms with Gasteiger partial charge in [-0.2, -0.15) is 5.10 Å². The molecule has 94 valence electrons. The van der Waals surface area contributed by atoms with Crippen LogP contribution in [0.2, 0.25) is 0 Å². The summed E-state index contributed by atoms with van der Waals surface area (Å²) in [5, 5.41) is 7.65. The number of thioether (sulfide) groups is 1. The van der Waals surface area contributed by atoms with E-state index in [1.807, 2.05) is 6.26 Å². The molecule has 0 fully saturated rings. The molecule has 0 bridgehead atoms. The first-order valence-corrected chi connectivity index (χ1v) is 6.30. The summed E-state index contributed by atoms with van der Waals surface area (Å²) in [5.74, 6) is 0.368. The Morgan fingerprint density at radius 1 is 1.56 bits per heavy atom. The number of primary amides is 1. The average Bonchev–Trinajstić information content (AvgIpc) is 2.74. The molecule has 0 aromatic carbocycles. The molecule has 1 amide bonds. The van der Waals surface area contributed by atoms with Crippen LogP contribution < -0.4 is 11.1 Å². The van der Waals surface area contributed by atoms with Gasteiger partial charge in [-0.25, -0.2) is 9.97 Å². The van der Waals surface area contributed by atoms with Crippen molar-refractivity contribution in [2.45, 2.75) is 5.16 Å². The van der Waals surface area contributed by atoms with Crippen LogP contribution in [0.1, 0.15) is 10.4 Å². The zero-order chi connectivity index (χ0) is 13.1. The highest BCUT2D eigenvalue weighted by molar-refractivity contribution is 7.98. The summed E-state index contributed by atoms with van der Waals surface area (Å²) in [4.78, 5) is 19.5. The van der Waals surface area contributed by atoms with E-state index in [2.05, 4.69) is 20.4 Å². The molecule has 3 N–H and O–H groups in total. The molecule has 2 heterocycles. The molecule has 0 unspecified atom stereocenters. The number of nitrogens with one attached hydrogen (secondary N) is 1. The third-order valence-corrected chi connectivity index (χ3v) is 2.74. The lowest BCUT2D eigenvalue weighted by Gasteiger charge is -2.07. The van der Waals surface area contributed by atoms with Crippen LogP contribution in [0, 0.1) is 0 Å². The van der Waals surface area contributed by atoms with Crippen molar-refractivity contribution in [3.8, 4) is 0 Å². The molecule has 0 radical (unpaired) electrons. The SMILES string of the molecule is CSc1ncc(C(N)=O)c(Nc2ccn(C)n2)n1. The van der Waals surface area contributed by atoms with Crippen LogP contribution >= 0.6 is 11.8 Å². The van der Waals surface area contributed by atoms with Crippen LogP contribution in [-0.2, 0) is 7.05 Å². The minimum atomic E-state index is -0.582. The first kappa shape index (κ1) is 12.4. The summed E-state index contributed by atoms with van der Waals surface area (Å²) in [7, 11) is 1.80. The minimum Gasteiger partial charge on any atom is -0.365 e. The molecule has 0 aliphatic carbocycles. The smallest absolute Gasteiger partial charge is 0.254 e. The zero-order valence-electron chi connectivity index (χ0n) is 9.91. The van der Waals surface area contributed by atoms with Gasteiger partial charge in [-0.05, 0) is 6.26 Å². The Labute approximate surface area is 108 Å². The summed E-state index contributed by atoms with van der Waals surface area (Å²) in [5.41, 5.74) is 5.51. The lowest BCUT2D eigenvalue weighted by Crippen LogP contribution is -2.15. The van der Waals surface area contributed by atoms with Crippen LogP contribution in [0.4, 0.5) is 11.6 Å². The maximum absolute atomic E-state index is 11.3. The van der Waals surface area contributed by atoms with E-state index in [1.54, 1.807) is 24.0 Å². The molecule has 0 aliphatic heterocycles. The van der Waals surface area contributed by atoms with Crippen molar-refractivity contribution in [1.82, 2.24) is 19.7 Å². The fraction of sp³-hybridized carbons (Fsp3) is 0.200. The molecule has 8 heteroatoms. The highest BCUT2D eigenvalue weighted by Crippen LogP contribution is 2.19. The van der Waals surface area contributed by atoms with Crippen LogP contribution in [0.3, 0.4) is 0 Å². The van der Waals surface area contributed by atoms with E-state index in [0.717, 1.165) is 0 Å². The van der Waals surface area contributed by atoms with Gasteiger partial charge in [-0.1, -0.05) is 11.8 Å². The molecule has 2 aromatic heterocycles. The normalized spacial score (nSPS) is 10.3. The Hall–Kier alpha value is -2.09. The van der Waals surface area contributed by atoms with Crippen LogP contribution in [0.5, 0.6) is 0 Å². The van der Waals surface area contributed by atoms with Gasteiger partial charge in [-0.15, -0.1) is 0 Å². The number of nitrogens with two attached hydrogens (primary N) is 1. The van der Waals surface area contributed by atoms with Crippen molar-refractivity contribution >= 4 is 29.3 Å². The Morgan fingerprint density at radius 2 is 2.33 bits per heavy atom. The highest BCUT2D eigenvalue weighted by atomic mass is 32.2. The molecule has 2 rings (SSSR count). The molecular weight excluding hydrogens is 252 g/mol. The number of rotatable bonds is 4. The van der Waals surface area contributed by atoms with E-state index in [1.165, 1.54) is 18.0 Å². The number of carbonyl (C=O) groups excluding carboxylic acids is 1. The second-order valence-corrected chi connectivity index (χ2v) is 4.26. The quantitative estimate of drug-likeness (QED) is 0.625. The molecule has 0 aliphatic rings. The van der Waals surface area contributed by atoms with Crippen molar-refractivity contribution in [2.75, 3.05) is 11.6 Å². The van der Waals surface area contributed by atoms with E-state index in [9.17, 15) is 4.79 Å². The summed E-state index contributed by atoms with van der Waals surface area (Å²) in [6, 6.07) is 1.77. The monoisotopic (exact) mass is 264 g/mol. The Bertz CT molecular complexity index is 581. The topological polar surface area (TPSA) is 98.7 Å². The lowest BCUT2D eigenvalue weighted by atomic mass is 10.3. The van der Waals surface area contributed by atoms with E-state index >= 15 is 0 Å². The van der Waals surface area contributed by atoms with Gasteiger partial charge in [0.15, 0.2) is 11.0 Å². The molecule has 0 saturated carbocycles. The van der Waals surface area contributed by atoms with Crippen molar-refractivity contribution < 1.29 is 4.79 Å². The van der Waals surface area contributed by atoms with Crippen molar-refractivity contribution in [3.05, 3.63) is 24.0 Å². The largest absolute Gasteiger partial charge is 0.365 e. The molecule has 0 spiro atoms. The first-order valence-electron chi connectivity index (χ1n) is 5.07. The van der Waals surface area contributed by atoms with Crippen molar-refractivity contribution in [2.24, 2.45) is 12.8 Å². The maximum Gasteiger partial charge on any atom is 0.254 e. The van der Waals surface area contributed by atoms with Gasteiger partial charge in [-0.3, -0.25) is 9.48 Å². The number of nitrogens with zero attached hydrogens (tertiary/aromatic N) is 4. The fourth-order valence-corrected chi connectivity index (χ4v) is 1.68. The van der Waals surface area contributed by atoms with Gasteiger partial charge < -0.3 is 11.1 Å². The number of carbonyl (C=O) groups is 1. The van der Waals surface area contributed by atoms with Gasteiger partial charge in [0.05, 0.1) is 0 Å². The van der Waals surface area contributed by atoms with E-state index < -0.39 is 5.91 Å². The molecular formula is C10H12N6OS.